The van der Waals surface area contributed by atoms with E-state index in [0.29, 0.717) is 22.4 Å². The Bertz CT molecular complexity index is 910. The SMILES string of the molecule is COc1ccccc1-c1cc(NC(=O)Nc2cc(Cl)ncc2C)n[nH]1. The minimum atomic E-state index is -0.427. The third kappa shape index (κ3) is 3.89. The minimum Gasteiger partial charge on any atom is -0.496 e. The van der Waals surface area contributed by atoms with E-state index < -0.39 is 6.03 Å². The molecule has 0 bridgehead atoms. The number of carbonyl (C=O) groups is 1. The van der Waals surface area contributed by atoms with E-state index in [2.05, 4.69) is 25.8 Å². The fourth-order valence-electron chi connectivity index (χ4n) is 2.29. The van der Waals surface area contributed by atoms with Crippen LogP contribution in [0.2, 0.25) is 5.15 Å². The lowest BCUT2D eigenvalue weighted by Crippen LogP contribution is -2.20. The van der Waals surface area contributed by atoms with Crippen molar-refractivity contribution in [2.24, 2.45) is 0 Å². The molecule has 25 heavy (non-hydrogen) atoms. The number of nitrogens with zero attached hydrogens (tertiary/aromatic N) is 2. The topological polar surface area (TPSA) is 91.9 Å². The molecule has 2 aromatic heterocycles. The molecule has 0 atom stereocenters. The molecule has 0 aliphatic heterocycles. The third-order valence-corrected chi connectivity index (χ3v) is 3.74. The summed E-state index contributed by atoms with van der Waals surface area (Å²) in [6, 6.07) is 10.4. The normalized spacial score (nSPS) is 10.4. The molecule has 3 N–H and O–H groups in total. The van der Waals surface area contributed by atoms with Crippen molar-refractivity contribution in [3.8, 4) is 17.0 Å². The van der Waals surface area contributed by atoms with Gasteiger partial charge in [-0.1, -0.05) is 23.7 Å². The van der Waals surface area contributed by atoms with E-state index in [4.69, 9.17) is 16.3 Å². The predicted octanol–water partition coefficient (Wildman–Crippen LogP) is 4.09. The van der Waals surface area contributed by atoms with Crippen molar-refractivity contribution in [3.05, 3.63) is 53.3 Å². The molecular formula is C17H16ClN5O2. The van der Waals surface area contributed by atoms with Gasteiger partial charge in [0.05, 0.1) is 12.8 Å². The quantitative estimate of drug-likeness (QED) is 0.613. The maximum Gasteiger partial charge on any atom is 0.324 e. The number of rotatable bonds is 4. The molecule has 0 spiro atoms. The number of benzene rings is 1. The number of halogens is 1. The van der Waals surface area contributed by atoms with Crippen LogP contribution in [0.1, 0.15) is 5.56 Å². The van der Waals surface area contributed by atoms with Crippen LogP contribution in [0.4, 0.5) is 16.3 Å². The molecule has 0 saturated carbocycles. The number of ether oxygens (including phenoxy) is 1. The Morgan fingerprint density at radius 2 is 2.04 bits per heavy atom. The summed E-state index contributed by atoms with van der Waals surface area (Å²) in [6.45, 7) is 1.83. The van der Waals surface area contributed by atoms with Crippen molar-refractivity contribution in [3.63, 3.8) is 0 Å². The summed E-state index contributed by atoms with van der Waals surface area (Å²) < 4.78 is 5.33. The molecule has 0 fully saturated rings. The van der Waals surface area contributed by atoms with E-state index in [0.717, 1.165) is 16.8 Å². The first-order valence-electron chi connectivity index (χ1n) is 7.46. The Hall–Kier alpha value is -3.06. The Kier molecular flexibility index (Phi) is 4.85. The van der Waals surface area contributed by atoms with Gasteiger partial charge in [0.25, 0.3) is 0 Å². The summed E-state index contributed by atoms with van der Waals surface area (Å²) in [6.07, 6.45) is 1.59. The standard InChI is InChI=1S/C17H16ClN5O2/c1-10-9-19-15(18)7-12(10)20-17(24)21-16-8-13(22-23-16)11-5-3-4-6-14(11)25-2/h3-9H,1-2H3,(H3,19,20,21,22,23,24). The molecule has 3 rings (SSSR count). The molecule has 2 amide bonds. The highest BCUT2D eigenvalue weighted by Crippen LogP contribution is 2.29. The molecule has 0 radical (unpaired) electrons. The van der Waals surface area contributed by atoms with E-state index >= 15 is 0 Å². The van der Waals surface area contributed by atoms with Crippen LogP contribution in [0.25, 0.3) is 11.3 Å². The molecule has 0 unspecified atom stereocenters. The van der Waals surface area contributed by atoms with Crippen molar-refractivity contribution < 1.29 is 9.53 Å². The number of hydrogen-bond acceptors (Lipinski definition) is 4. The Morgan fingerprint density at radius 3 is 2.84 bits per heavy atom. The second-order valence-electron chi connectivity index (χ2n) is 5.27. The first kappa shape index (κ1) is 16.8. The van der Waals surface area contributed by atoms with Gasteiger partial charge in [-0.05, 0) is 30.7 Å². The minimum absolute atomic E-state index is 0.305. The van der Waals surface area contributed by atoms with Crippen LogP contribution in [0, 0.1) is 6.92 Å². The number of methoxy groups -OCH3 is 1. The molecule has 1 aromatic carbocycles. The third-order valence-electron chi connectivity index (χ3n) is 3.53. The summed E-state index contributed by atoms with van der Waals surface area (Å²) >= 11 is 5.85. The highest BCUT2D eigenvalue weighted by atomic mass is 35.5. The van der Waals surface area contributed by atoms with Crippen LogP contribution in [0.15, 0.2) is 42.6 Å². The monoisotopic (exact) mass is 357 g/mol. The summed E-state index contributed by atoms with van der Waals surface area (Å²) in [5.74, 6) is 1.10. The van der Waals surface area contributed by atoms with Crippen LogP contribution >= 0.6 is 11.6 Å². The van der Waals surface area contributed by atoms with Gasteiger partial charge in [-0.3, -0.25) is 10.4 Å². The number of carbonyl (C=O) groups excluding carboxylic acids is 1. The lowest BCUT2D eigenvalue weighted by Gasteiger charge is -2.08. The molecule has 128 valence electrons. The van der Waals surface area contributed by atoms with Crippen LogP contribution in [-0.4, -0.2) is 28.3 Å². The predicted molar refractivity (Wildman–Crippen MR) is 97.2 cm³/mol. The number of nitrogens with one attached hydrogen (secondary N) is 3. The van der Waals surface area contributed by atoms with Gasteiger partial charge in [-0.2, -0.15) is 5.10 Å². The first-order valence-corrected chi connectivity index (χ1v) is 7.83. The van der Waals surface area contributed by atoms with Crippen molar-refractivity contribution in [2.45, 2.75) is 6.92 Å². The van der Waals surface area contributed by atoms with Gasteiger partial charge < -0.3 is 10.1 Å². The van der Waals surface area contributed by atoms with E-state index in [9.17, 15) is 4.79 Å². The smallest absolute Gasteiger partial charge is 0.324 e. The van der Waals surface area contributed by atoms with Gasteiger partial charge in [0.1, 0.15) is 10.9 Å². The van der Waals surface area contributed by atoms with Gasteiger partial charge >= 0.3 is 6.03 Å². The largest absolute Gasteiger partial charge is 0.496 e. The molecule has 0 aliphatic carbocycles. The zero-order chi connectivity index (χ0) is 17.8. The van der Waals surface area contributed by atoms with Crippen LogP contribution in [0.5, 0.6) is 5.75 Å². The first-order chi connectivity index (χ1) is 12.1. The molecule has 2 heterocycles. The number of pyridine rings is 1. The number of urea groups is 1. The van der Waals surface area contributed by atoms with Gasteiger partial charge in [0, 0.05) is 23.5 Å². The number of para-hydroxylation sites is 1. The Labute approximate surface area is 149 Å². The zero-order valence-electron chi connectivity index (χ0n) is 13.6. The summed E-state index contributed by atoms with van der Waals surface area (Å²) in [5.41, 5.74) is 2.97. The highest BCUT2D eigenvalue weighted by Gasteiger charge is 2.11. The Morgan fingerprint density at radius 1 is 1.24 bits per heavy atom. The second-order valence-corrected chi connectivity index (χ2v) is 5.66. The summed E-state index contributed by atoms with van der Waals surface area (Å²) in [5, 5.41) is 12.7. The molecule has 8 heteroatoms. The lowest BCUT2D eigenvalue weighted by molar-refractivity contribution is 0.262. The summed E-state index contributed by atoms with van der Waals surface area (Å²) in [4.78, 5) is 16.1. The van der Waals surface area contributed by atoms with Crippen LogP contribution in [-0.2, 0) is 0 Å². The molecule has 0 aliphatic rings. The number of aromatic nitrogens is 3. The summed E-state index contributed by atoms with van der Waals surface area (Å²) in [7, 11) is 1.60. The maximum absolute atomic E-state index is 12.1. The average molecular weight is 358 g/mol. The van der Waals surface area contributed by atoms with Crippen molar-refractivity contribution in [1.29, 1.82) is 0 Å². The molecule has 0 saturated heterocycles. The number of anilines is 2. The van der Waals surface area contributed by atoms with E-state index in [1.54, 1.807) is 25.4 Å². The van der Waals surface area contributed by atoms with Gasteiger partial charge in [-0.15, -0.1) is 0 Å². The van der Waals surface area contributed by atoms with E-state index in [1.165, 1.54) is 0 Å². The number of H-pyrrole nitrogens is 1. The molecular weight excluding hydrogens is 342 g/mol. The number of amides is 2. The van der Waals surface area contributed by atoms with Crippen molar-refractivity contribution in [2.75, 3.05) is 17.7 Å². The fraction of sp³-hybridized carbons (Fsp3) is 0.118. The number of aromatic amines is 1. The van der Waals surface area contributed by atoms with Crippen LogP contribution < -0.4 is 15.4 Å². The van der Waals surface area contributed by atoms with Crippen LogP contribution in [0.3, 0.4) is 0 Å². The lowest BCUT2D eigenvalue weighted by atomic mass is 10.1. The van der Waals surface area contributed by atoms with Crippen molar-refractivity contribution in [1.82, 2.24) is 15.2 Å². The van der Waals surface area contributed by atoms with Gasteiger partial charge in [0.15, 0.2) is 5.82 Å². The van der Waals surface area contributed by atoms with E-state index in [1.807, 2.05) is 31.2 Å². The van der Waals surface area contributed by atoms with Gasteiger partial charge in [0.2, 0.25) is 0 Å². The average Bonchev–Trinajstić information content (AvgIpc) is 3.06. The molecule has 3 aromatic rings. The molecule has 7 nitrogen and oxygen atoms in total. The highest BCUT2D eigenvalue weighted by molar-refractivity contribution is 6.29. The Balaban J connectivity index is 1.73. The van der Waals surface area contributed by atoms with Gasteiger partial charge in [-0.25, -0.2) is 9.78 Å². The number of aryl methyl sites for hydroxylation is 1. The fourth-order valence-corrected chi connectivity index (χ4v) is 2.45. The van der Waals surface area contributed by atoms with E-state index in [-0.39, 0.29) is 0 Å². The maximum atomic E-state index is 12.1. The zero-order valence-corrected chi connectivity index (χ0v) is 14.4. The number of hydrogen-bond donors (Lipinski definition) is 3. The second kappa shape index (κ2) is 7.23. The van der Waals surface area contributed by atoms with Crippen molar-refractivity contribution >= 4 is 29.1 Å².